The van der Waals surface area contributed by atoms with Crippen molar-refractivity contribution in [1.29, 1.82) is 0 Å². The molecule has 1 amide bonds. The summed E-state index contributed by atoms with van der Waals surface area (Å²) in [7, 11) is 0. The smallest absolute Gasteiger partial charge is 0.230 e. The first-order valence-electron chi connectivity index (χ1n) is 4.28. The van der Waals surface area contributed by atoms with Gasteiger partial charge in [0.1, 0.15) is 5.78 Å². The van der Waals surface area contributed by atoms with Crippen LogP contribution in [0, 0.1) is 5.41 Å². The summed E-state index contributed by atoms with van der Waals surface area (Å²) in [6.45, 7) is 7.00. The van der Waals surface area contributed by atoms with E-state index in [1.54, 1.807) is 4.90 Å². The molecule has 0 spiro atoms. The van der Waals surface area contributed by atoms with Gasteiger partial charge in [-0.05, 0) is 6.92 Å². The number of piperidine rings is 1. The van der Waals surface area contributed by atoms with Crippen molar-refractivity contribution in [3.05, 3.63) is 0 Å². The highest BCUT2D eigenvalue weighted by Gasteiger charge is 2.37. The molecule has 0 aromatic heterocycles. The highest BCUT2D eigenvalue weighted by Crippen LogP contribution is 2.25. The molecule has 3 nitrogen and oxygen atoms in total. The molecule has 68 valence electrons. The Kier molecular flexibility index (Phi) is 2.22. The van der Waals surface area contributed by atoms with Crippen molar-refractivity contribution >= 4 is 11.7 Å². The maximum absolute atomic E-state index is 11.3. The average Bonchev–Trinajstić information content (AvgIpc) is 1.97. The average molecular weight is 169 g/mol. The molecule has 0 radical (unpaired) electrons. The molecule has 0 saturated carbocycles. The molecule has 0 atom stereocenters. The van der Waals surface area contributed by atoms with Crippen LogP contribution in [-0.2, 0) is 9.59 Å². The Hall–Kier alpha value is -0.860. The van der Waals surface area contributed by atoms with Gasteiger partial charge >= 0.3 is 0 Å². The van der Waals surface area contributed by atoms with E-state index < -0.39 is 0 Å². The van der Waals surface area contributed by atoms with Crippen molar-refractivity contribution < 1.29 is 9.59 Å². The zero-order chi connectivity index (χ0) is 9.35. The minimum atomic E-state index is -0.343. The van der Waals surface area contributed by atoms with Crippen LogP contribution in [0.25, 0.3) is 0 Å². The molecular weight excluding hydrogens is 154 g/mol. The first kappa shape index (κ1) is 9.23. The Morgan fingerprint density at radius 2 is 2.00 bits per heavy atom. The van der Waals surface area contributed by atoms with Crippen molar-refractivity contribution in [2.45, 2.75) is 27.2 Å². The van der Waals surface area contributed by atoms with E-state index in [1.807, 2.05) is 20.8 Å². The Balaban J connectivity index is 2.77. The third kappa shape index (κ3) is 1.49. The third-order valence-electron chi connectivity index (χ3n) is 2.39. The molecule has 1 saturated heterocycles. The molecule has 0 unspecified atom stereocenters. The Labute approximate surface area is 72.7 Å². The molecule has 1 fully saturated rings. The summed E-state index contributed by atoms with van der Waals surface area (Å²) < 4.78 is 0. The Morgan fingerprint density at radius 3 is 2.50 bits per heavy atom. The number of hydrogen-bond donors (Lipinski definition) is 0. The van der Waals surface area contributed by atoms with Gasteiger partial charge in [0.05, 0.1) is 6.42 Å². The highest BCUT2D eigenvalue weighted by atomic mass is 16.2. The molecule has 0 N–H and O–H groups in total. The summed E-state index contributed by atoms with van der Waals surface area (Å²) in [5.74, 6) is 0.0408. The maximum atomic E-state index is 11.3. The van der Waals surface area contributed by atoms with E-state index in [2.05, 4.69) is 0 Å². The van der Waals surface area contributed by atoms with Gasteiger partial charge in [-0.3, -0.25) is 9.59 Å². The number of likely N-dealkylation sites (tertiary alicyclic amines) is 1. The van der Waals surface area contributed by atoms with Gasteiger partial charge in [-0.1, -0.05) is 13.8 Å². The monoisotopic (exact) mass is 169 g/mol. The molecule has 1 aliphatic rings. The maximum Gasteiger partial charge on any atom is 0.230 e. The summed E-state index contributed by atoms with van der Waals surface area (Å²) in [4.78, 5) is 24.3. The summed E-state index contributed by atoms with van der Waals surface area (Å²) in [6, 6.07) is 0. The molecule has 1 heterocycles. The first-order valence-corrected chi connectivity index (χ1v) is 4.28. The summed E-state index contributed by atoms with van der Waals surface area (Å²) in [5, 5.41) is 0. The molecule has 0 aromatic rings. The lowest BCUT2D eigenvalue weighted by Crippen LogP contribution is -2.49. The van der Waals surface area contributed by atoms with Gasteiger partial charge in [0.25, 0.3) is 0 Å². The van der Waals surface area contributed by atoms with E-state index in [0.29, 0.717) is 13.1 Å². The van der Waals surface area contributed by atoms with Crippen LogP contribution in [-0.4, -0.2) is 29.7 Å². The summed E-state index contributed by atoms with van der Waals surface area (Å²) in [5.41, 5.74) is -0.343. The molecule has 12 heavy (non-hydrogen) atoms. The first-order chi connectivity index (χ1) is 5.47. The molecule has 0 aliphatic carbocycles. The summed E-state index contributed by atoms with van der Waals surface area (Å²) in [6.07, 6.45) is 0.0842. The predicted molar refractivity (Wildman–Crippen MR) is 45.7 cm³/mol. The van der Waals surface area contributed by atoms with E-state index in [4.69, 9.17) is 0 Å². The van der Waals surface area contributed by atoms with Gasteiger partial charge in [0.15, 0.2) is 0 Å². The minimum Gasteiger partial charge on any atom is -0.342 e. The van der Waals surface area contributed by atoms with Crippen LogP contribution in [0.4, 0.5) is 0 Å². The SMILES string of the molecule is CCN1CC(C)(C)C(=O)CC1=O. The number of Topliss-reactive ketones (excluding diaryl/α,β-unsaturated/α-hetero) is 1. The van der Waals surface area contributed by atoms with E-state index in [-0.39, 0.29) is 23.5 Å². The van der Waals surface area contributed by atoms with Crippen LogP contribution in [0.5, 0.6) is 0 Å². The zero-order valence-corrected chi connectivity index (χ0v) is 7.89. The van der Waals surface area contributed by atoms with Crippen LogP contribution in [0.2, 0.25) is 0 Å². The van der Waals surface area contributed by atoms with E-state index in [9.17, 15) is 9.59 Å². The highest BCUT2D eigenvalue weighted by molar-refractivity contribution is 6.03. The second-order valence-electron chi connectivity index (χ2n) is 3.89. The number of carbonyl (C=O) groups is 2. The fourth-order valence-corrected chi connectivity index (χ4v) is 1.43. The lowest BCUT2D eigenvalue weighted by atomic mass is 9.82. The molecular formula is C9H15NO2. The number of ketones is 1. The standard InChI is InChI=1S/C9H15NO2/c1-4-10-6-9(2,3)7(11)5-8(10)12/h4-6H2,1-3H3. The molecule has 0 aromatic carbocycles. The van der Waals surface area contributed by atoms with Gasteiger partial charge in [0, 0.05) is 18.5 Å². The Bertz CT molecular complexity index is 221. The van der Waals surface area contributed by atoms with E-state index in [0.717, 1.165) is 0 Å². The van der Waals surface area contributed by atoms with Crippen molar-refractivity contribution in [1.82, 2.24) is 4.90 Å². The fourth-order valence-electron chi connectivity index (χ4n) is 1.43. The second-order valence-corrected chi connectivity index (χ2v) is 3.89. The van der Waals surface area contributed by atoms with E-state index in [1.165, 1.54) is 0 Å². The largest absolute Gasteiger partial charge is 0.342 e. The summed E-state index contributed by atoms with van der Waals surface area (Å²) >= 11 is 0. The van der Waals surface area contributed by atoms with Crippen LogP contribution in [0.3, 0.4) is 0 Å². The normalized spacial score (nSPS) is 23.1. The van der Waals surface area contributed by atoms with Gasteiger partial charge in [-0.15, -0.1) is 0 Å². The van der Waals surface area contributed by atoms with Crippen molar-refractivity contribution in [2.75, 3.05) is 13.1 Å². The minimum absolute atomic E-state index is 0.0261. The zero-order valence-electron chi connectivity index (χ0n) is 7.89. The van der Waals surface area contributed by atoms with Gasteiger partial charge in [-0.2, -0.15) is 0 Å². The topological polar surface area (TPSA) is 37.4 Å². The molecule has 0 bridgehead atoms. The van der Waals surface area contributed by atoms with E-state index >= 15 is 0 Å². The number of carbonyl (C=O) groups excluding carboxylic acids is 2. The number of amides is 1. The molecule has 1 rings (SSSR count). The van der Waals surface area contributed by atoms with Crippen molar-refractivity contribution in [2.24, 2.45) is 5.41 Å². The predicted octanol–water partition coefficient (Wildman–Crippen LogP) is 0.834. The number of rotatable bonds is 1. The van der Waals surface area contributed by atoms with Crippen molar-refractivity contribution in [3.8, 4) is 0 Å². The van der Waals surface area contributed by atoms with Crippen LogP contribution in [0.1, 0.15) is 27.2 Å². The van der Waals surface area contributed by atoms with Gasteiger partial charge < -0.3 is 4.90 Å². The lowest BCUT2D eigenvalue weighted by molar-refractivity contribution is -0.146. The van der Waals surface area contributed by atoms with Crippen LogP contribution >= 0.6 is 0 Å². The van der Waals surface area contributed by atoms with Crippen LogP contribution < -0.4 is 0 Å². The number of nitrogens with zero attached hydrogens (tertiary/aromatic N) is 1. The quantitative estimate of drug-likeness (QED) is 0.545. The number of hydrogen-bond acceptors (Lipinski definition) is 2. The van der Waals surface area contributed by atoms with Gasteiger partial charge in [0.2, 0.25) is 5.91 Å². The second kappa shape index (κ2) is 2.88. The Morgan fingerprint density at radius 1 is 1.42 bits per heavy atom. The third-order valence-corrected chi connectivity index (χ3v) is 2.39. The lowest BCUT2D eigenvalue weighted by Gasteiger charge is -2.35. The van der Waals surface area contributed by atoms with Gasteiger partial charge in [-0.25, -0.2) is 0 Å². The molecule has 3 heteroatoms. The van der Waals surface area contributed by atoms with Crippen LogP contribution in [0.15, 0.2) is 0 Å². The fraction of sp³-hybridized carbons (Fsp3) is 0.778. The van der Waals surface area contributed by atoms with Crippen molar-refractivity contribution in [3.63, 3.8) is 0 Å². The molecule has 1 aliphatic heterocycles.